The van der Waals surface area contributed by atoms with Gasteiger partial charge in [-0.1, -0.05) is 18.2 Å². The molecule has 0 saturated carbocycles. The lowest BCUT2D eigenvalue weighted by atomic mass is 10.2. The SMILES string of the molecule is CCOC(=O)Cc1csc(NC(=O)COC(=O)COc2ccccc2C)n1. The van der Waals surface area contributed by atoms with Crippen LogP contribution in [0.1, 0.15) is 18.2 Å². The molecule has 1 aromatic carbocycles. The summed E-state index contributed by atoms with van der Waals surface area (Å²) in [7, 11) is 0. The maximum Gasteiger partial charge on any atom is 0.344 e. The van der Waals surface area contributed by atoms with Gasteiger partial charge in [-0.3, -0.25) is 14.9 Å². The molecule has 0 unspecified atom stereocenters. The molecule has 0 aliphatic carbocycles. The number of benzene rings is 1. The molecular weight excluding hydrogens is 372 g/mol. The van der Waals surface area contributed by atoms with E-state index in [1.807, 2.05) is 19.1 Å². The maximum atomic E-state index is 11.8. The van der Waals surface area contributed by atoms with Gasteiger partial charge >= 0.3 is 11.9 Å². The molecule has 0 atom stereocenters. The number of carbonyl (C=O) groups excluding carboxylic acids is 3. The van der Waals surface area contributed by atoms with Gasteiger partial charge in [-0.15, -0.1) is 11.3 Å². The third kappa shape index (κ3) is 7.06. The van der Waals surface area contributed by atoms with Gasteiger partial charge in [-0.2, -0.15) is 0 Å². The third-order valence-electron chi connectivity index (χ3n) is 3.23. The third-order valence-corrected chi connectivity index (χ3v) is 4.04. The average Bonchev–Trinajstić information content (AvgIpc) is 3.06. The van der Waals surface area contributed by atoms with Crippen molar-refractivity contribution >= 4 is 34.3 Å². The highest BCUT2D eigenvalue weighted by atomic mass is 32.1. The summed E-state index contributed by atoms with van der Waals surface area (Å²) >= 11 is 1.17. The van der Waals surface area contributed by atoms with Crippen molar-refractivity contribution in [2.45, 2.75) is 20.3 Å². The number of esters is 2. The fraction of sp³-hybridized carbons (Fsp3) is 0.333. The van der Waals surface area contributed by atoms with Crippen LogP contribution < -0.4 is 10.1 Å². The molecule has 0 bridgehead atoms. The molecule has 0 aliphatic heterocycles. The number of ether oxygens (including phenoxy) is 3. The maximum absolute atomic E-state index is 11.8. The van der Waals surface area contributed by atoms with E-state index in [-0.39, 0.29) is 19.0 Å². The fourth-order valence-corrected chi connectivity index (χ4v) is 2.73. The zero-order valence-corrected chi connectivity index (χ0v) is 15.8. The molecule has 0 radical (unpaired) electrons. The predicted octanol–water partition coefficient (Wildman–Crippen LogP) is 2.12. The molecule has 1 N–H and O–H groups in total. The van der Waals surface area contributed by atoms with E-state index in [0.29, 0.717) is 23.2 Å². The number of rotatable bonds is 9. The quantitative estimate of drug-likeness (QED) is 0.652. The summed E-state index contributed by atoms with van der Waals surface area (Å²) in [6.07, 6.45) is 0.0332. The molecule has 0 fully saturated rings. The second kappa shape index (κ2) is 10.3. The highest BCUT2D eigenvalue weighted by Crippen LogP contribution is 2.17. The Balaban J connectivity index is 1.71. The number of nitrogens with one attached hydrogen (secondary N) is 1. The summed E-state index contributed by atoms with van der Waals surface area (Å²) in [5.74, 6) is -0.995. The van der Waals surface area contributed by atoms with Crippen LogP contribution in [0.5, 0.6) is 5.75 Å². The summed E-state index contributed by atoms with van der Waals surface area (Å²) in [5, 5.41) is 4.46. The van der Waals surface area contributed by atoms with Crippen LogP contribution in [0, 0.1) is 6.92 Å². The minimum atomic E-state index is -0.657. The molecule has 9 heteroatoms. The molecular formula is C18H20N2O6S. The molecule has 27 heavy (non-hydrogen) atoms. The summed E-state index contributed by atoms with van der Waals surface area (Å²) in [6.45, 7) is 3.13. The molecule has 0 spiro atoms. The van der Waals surface area contributed by atoms with Gasteiger partial charge in [0.2, 0.25) is 0 Å². The fourth-order valence-electron chi connectivity index (χ4n) is 2.00. The first-order valence-corrected chi connectivity index (χ1v) is 9.09. The van der Waals surface area contributed by atoms with Crippen molar-refractivity contribution in [1.29, 1.82) is 0 Å². The number of anilines is 1. The van der Waals surface area contributed by atoms with E-state index in [4.69, 9.17) is 14.2 Å². The summed E-state index contributed by atoms with van der Waals surface area (Å²) < 4.78 is 15.0. The highest BCUT2D eigenvalue weighted by molar-refractivity contribution is 7.13. The monoisotopic (exact) mass is 392 g/mol. The Morgan fingerprint density at radius 3 is 2.63 bits per heavy atom. The second-order valence-corrected chi connectivity index (χ2v) is 6.25. The minimum absolute atomic E-state index is 0.0332. The first kappa shape index (κ1) is 20.4. The number of hydrogen-bond acceptors (Lipinski definition) is 8. The zero-order chi connectivity index (χ0) is 19.6. The Morgan fingerprint density at radius 1 is 1.11 bits per heavy atom. The van der Waals surface area contributed by atoms with Crippen LogP contribution >= 0.6 is 11.3 Å². The van der Waals surface area contributed by atoms with Gasteiger partial charge < -0.3 is 14.2 Å². The number of aryl methyl sites for hydroxylation is 1. The van der Waals surface area contributed by atoms with Crippen molar-refractivity contribution in [2.24, 2.45) is 0 Å². The van der Waals surface area contributed by atoms with E-state index >= 15 is 0 Å². The number of hydrogen-bond donors (Lipinski definition) is 1. The van der Waals surface area contributed by atoms with Crippen molar-refractivity contribution < 1.29 is 28.6 Å². The van der Waals surface area contributed by atoms with Crippen molar-refractivity contribution in [3.8, 4) is 5.75 Å². The molecule has 0 saturated heterocycles. The van der Waals surface area contributed by atoms with Crippen LogP contribution in [0.15, 0.2) is 29.6 Å². The molecule has 1 heterocycles. The Bertz CT molecular complexity index is 805. The van der Waals surface area contributed by atoms with Crippen molar-refractivity contribution in [3.63, 3.8) is 0 Å². The summed E-state index contributed by atoms with van der Waals surface area (Å²) in [4.78, 5) is 39.0. The Hall–Kier alpha value is -2.94. The molecule has 1 aromatic heterocycles. The van der Waals surface area contributed by atoms with Crippen LogP contribution in [0.3, 0.4) is 0 Å². The number of amides is 1. The Labute approximate surface area is 160 Å². The first-order chi connectivity index (χ1) is 13.0. The van der Waals surface area contributed by atoms with Crippen molar-refractivity contribution in [2.75, 3.05) is 25.1 Å². The van der Waals surface area contributed by atoms with Gasteiger partial charge in [-0.05, 0) is 25.5 Å². The summed E-state index contributed by atoms with van der Waals surface area (Å²) in [5.41, 5.74) is 1.39. The molecule has 0 aliphatic rings. The van der Waals surface area contributed by atoms with Gasteiger partial charge in [0.1, 0.15) is 5.75 Å². The molecule has 2 aromatic rings. The smallest absolute Gasteiger partial charge is 0.344 e. The second-order valence-electron chi connectivity index (χ2n) is 5.39. The highest BCUT2D eigenvalue weighted by Gasteiger charge is 2.13. The van der Waals surface area contributed by atoms with Crippen LogP contribution in [0.2, 0.25) is 0 Å². The van der Waals surface area contributed by atoms with E-state index in [0.717, 1.165) is 5.56 Å². The first-order valence-electron chi connectivity index (χ1n) is 8.22. The van der Waals surface area contributed by atoms with Gasteiger partial charge in [0.05, 0.1) is 18.7 Å². The van der Waals surface area contributed by atoms with Crippen LogP contribution in [0.25, 0.3) is 0 Å². The topological polar surface area (TPSA) is 104 Å². The Morgan fingerprint density at radius 2 is 1.89 bits per heavy atom. The minimum Gasteiger partial charge on any atom is -0.482 e. The van der Waals surface area contributed by atoms with Crippen molar-refractivity contribution in [1.82, 2.24) is 4.98 Å². The number of para-hydroxylation sites is 1. The zero-order valence-electron chi connectivity index (χ0n) is 15.0. The number of thiazole rings is 1. The van der Waals surface area contributed by atoms with E-state index in [2.05, 4.69) is 10.3 Å². The number of carbonyl (C=O) groups is 3. The van der Waals surface area contributed by atoms with Crippen LogP contribution in [-0.2, 0) is 30.3 Å². The van der Waals surface area contributed by atoms with Gasteiger partial charge in [0, 0.05) is 5.38 Å². The van der Waals surface area contributed by atoms with Gasteiger partial charge in [0.15, 0.2) is 18.3 Å². The van der Waals surface area contributed by atoms with Gasteiger partial charge in [-0.25, -0.2) is 9.78 Å². The number of aromatic nitrogens is 1. The normalized spacial score (nSPS) is 10.1. The van der Waals surface area contributed by atoms with E-state index in [1.165, 1.54) is 11.3 Å². The molecule has 2 rings (SSSR count). The van der Waals surface area contributed by atoms with Crippen molar-refractivity contribution in [3.05, 3.63) is 40.9 Å². The largest absolute Gasteiger partial charge is 0.482 e. The lowest BCUT2D eigenvalue weighted by Gasteiger charge is -2.08. The lowest BCUT2D eigenvalue weighted by molar-refractivity contribution is -0.149. The number of nitrogens with zero attached hydrogens (tertiary/aromatic N) is 1. The van der Waals surface area contributed by atoms with Crippen LogP contribution in [0.4, 0.5) is 5.13 Å². The Kier molecular flexibility index (Phi) is 7.75. The van der Waals surface area contributed by atoms with E-state index in [9.17, 15) is 14.4 Å². The van der Waals surface area contributed by atoms with Gasteiger partial charge in [0.25, 0.3) is 5.91 Å². The molecule has 144 valence electrons. The lowest BCUT2D eigenvalue weighted by Crippen LogP contribution is -2.23. The molecule has 1 amide bonds. The average molecular weight is 392 g/mol. The van der Waals surface area contributed by atoms with E-state index < -0.39 is 18.5 Å². The summed E-state index contributed by atoms with van der Waals surface area (Å²) in [6, 6.07) is 7.26. The predicted molar refractivity (Wildman–Crippen MR) is 98.7 cm³/mol. The van der Waals surface area contributed by atoms with Crippen LogP contribution in [-0.4, -0.2) is 42.7 Å². The van der Waals surface area contributed by atoms with E-state index in [1.54, 1.807) is 24.4 Å². The standard InChI is InChI=1S/C18H20N2O6S/c1-3-24-16(22)8-13-11-27-18(19-13)20-15(21)9-26-17(23)10-25-14-7-5-4-6-12(14)2/h4-7,11H,3,8-10H2,1-2H3,(H,19,20,21). The molecule has 8 nitrogen and oxygen atoms in total.